The molecule has 1 aromatic heterocycles. The van der Waals surface area contributed by atoms with Crippen LogP contribution in [0.3, 0.4) is 0 Å². The number of hydrogen-bond acceptors (Lipinski definition) is 9. The van der Waals surface area contributed by atoms with Gasteiger partial charge in [0.05, 0.1) is 28.7 Å². The lowest BCUT2D eigenvalue weighted by atomic mass is 9.85. The van der Waals surface area contributed by atoms with Gasteiger partial charge in [-0.2, -0.15) is 0 Å². The maximum atomic E-state index is 14.1. The molecule has 0 spiro atoms. The summed E-state index contributed by atoms with van der Waals surface area (Å²) in [6, 6.07) is 43.1. The van der Waals surface area contributed by atoms with Gasteiger partial charge < -0.3 is 35.0 Å². The Morgan fingerprint density at radius 2 is 1.45 bits per heavy atom. The summed E-state index contributed by atoms with van der Waals surface area (Å²) in [6.07, 6.45) is 2.04. The molecule has 0 saturated carbocycles. The molecule has 7 rings (SSSR count). The minimum Gasteiger partial charge on any atom is -0.492 e. The van der Waals surface area contributed by atoms with E-state index in [-0.39, 0.29) is 50.3 Å². The number of β-amino-alcohol motifs (C(OH)–C–C–N with tert-alkyl or cyclic N) is 1. The molecule has 1 aliphatic rings. The summed E-state index contributed by atoms with van der Waals surface area (Å²) in [5.74, 6) is -0.263. The molecule has 5 aromatic carbocycles. The smallest absolute Gasteiger partial charge is 0.409 e. The zero-order valence-electron chi connectivity index (χ0n) is 42.9. The van der Waals surface area contributed by atoms with Crippen molar-refractivity contribution in [1.82, 2.24) is 25.4 Å². The van der Waals surface area contributed by atoms with Gasteiger partial charge in [0.25, 0.3) is 0 Å². The van der Waals surface area contributed by atoms with Crippen molar-refractivity contribution in [2.45, 2.75) is 104 Å². The highest BCUT2D eigenvalue weighted by atomic mass is 32.1. The first-order chi connectivity index (χ1) is 35.2. The number of carbonyl (C=O) groups is 4. The predicted octanol–water partition coefficient (Wildman–Crippen LogP) is 10.7. The number of nitrogens with one attached hydrogen (secondary N) is 2. The van der Waals surface area contributed by atoms with Crippen LogP contribution in [-0.2, 0) is 38.7 Å². The molecule has 3 atom stereocenters. The molecule has 73 heavy (non-hydrogen) atoms. The lowest BCUT2D eigenvalue weighted by molar-refractivity contribution is -0.144. The number of benzene rings is 5. The van der Waals surface area contributed by atoms with Crippen LogP contribution in [0.15, 0.2) is 139 Å². The molecule has 6 aromatic rings. The Morgan fingerprint density at radius 1 is 0.822 bits per heavy atom. The Hall–Kier alpha value is -7.09. The minimum atomic E-state index is -0.890. The normalized spacial score (nSPS) is 15.2. The second kappa shape index (κ2) is 25.5. The molecule has 12 nitrogen and oxygen atoms in total. The zero-order chi connectivity index (χ0) is 51.9. The van der Waals surface area contributed by atoms with Gasteiger partial charge in [-0.25, -0.2) is 9.78 Å². The third kappa shape index (κ3) is 14.8. The van der Waals surface area contributed by atoms with E-state index in [9.17, 15) is 24.3 Å². The molecule has 0 aliphatic carbocycles. The number of unbranched alkanes of at least 4 members (excludes halogenated alkanes) is 1. The molecule has 0 unspecified atom stereocenters. The summed E-state index contributed by atoms with van der Waals surface area (Å²) in [6.45, 7) is 10.9. The third-order valence-electron chi connectivity index (χ3n) is 13.2. The highest BCUT2D eigenvalue weighted by molar-refractivity contribution is 7.13. The average molecular weight is 1000 g/mol. The van der Waals surface area contributed by atoms with Crippen LogP contribution in [0.25, 0.3) is 21.6 Å². The van der Waals surface area contributed by atoms with E-state index in [2.05, 4.69) is 83.2 Å². The highest BCUT2D eigenvalue weighted by Crippen LogP contribution is 2.35. The number of aliphatic hydroxyl groups excluding tert-OH is 1. The number of amides is 4. The van der Waals surface area contributed by atoms with E-state index in [1.54, 1.807) is 18.4 Å². The highest BCUT2D eigenvalue weighted by Gasteiger charge is 2.44. The Labute approximate surface area is 434 Å². The van der Waals surface area contributed by atoms with Crippen LogP contribution in [0.5, 0.6) is 5.75 Å². The van der Waals surface area contributed by atoms with Gasteiger partial charge in [0.2, 0.25) is 17.7 Å². The van der Waals surface area contributed by atoms with E-state index in [1.165, 1.54) is 26.5 Å². The average Bonchev–Trinajstić information content (AvgIpc) is 4.02. The molecular weight excluding hydrogens is 935 g/mol. The first kappa shape index (κ1) is 53.7. The van der Waals surface area contributed by atoms with E-state index in [0.29, 0.717) is 19.6 Å². The second-order valence-electron chi connectivity index (χ2n) is 19.8. The van der Waals surface area contributed by atoms with Gasteiger partial charge in [0, 0.05) is 33.0 Å². The van der Waals surface area contributed by atoms with Gasteiger partial charge >= 0.3 is 6.09 Å². The lowest BCUT2D eigenvalue weighted by Gasteiger charge is -2.35. The number of likely N-dealkylation sites (N-methyl/N-ethyl adjacent to an activating group) is 1. The van der Waals surface area contributed by atoms with Crippen LogP contribution in [0.4, 0.5) is 4.79 Å². The molecule has 1 aliphatic heterocycles. The van der Waals surface area contributed by atoms with Crippen LogP contribution in [0, 0.1) is 12.3 Å². The van der Waals surface area contributed by atoms with E-state index in [4.69, 9.17) is 9.47 Å². The van der Waals surface area contributed by atoms with Gasteiger partial charge in [-0.15, -0.1) is 11.3 Å². The zero-order valence-corrected chi connectivity index (χ0v) is 43.8. The fourth-order valence-corrected chi connectivity index (χ4v) is 9.89. The molecule has 3 N–H and O–H groups in total. The van der Waals surface area contributed by atoms with E-state index < -0.39 is 29.7 Å². The molecule has 0 radical (unpaired) electrons. The number of aromatic nitrogens is 1. The number of likely N-dealkylation sites (tertiary alicyclic amines) is 1. The molecule has 1 fully saturated rings. The van der Waals surface area contributed by atoms with Crippen molar-refractivity contribution in [3.05, 3.63) is 178 Å². The Morgan fingerprint density at radius 3 is 2.08 bits per heavy atom. The summed E-state index contributed by atoms with van der Waals surface area (Å²) >= 11 is 1.58. The SMILES string of the molecule is CC/C(=C(\c1ccccc1)c1ccc(OCCN(C)C(=O)OCc2ccc(CCCCC(=O)N[C@H](C(=O)N3C[C@H](O)C[C@H]3C(=O)NCc3ccc(-c4scnc4C)cc3)C(C)(C)C)cc2)cc1)c1ccccc1. The number of aliphatic hydroxyl groups is 1. The molecule has 0 bridgehead atoms. The van der Waals surface area contributed by atoms with E-state index in [1.807, 2.05) is 106 Å². The van der Waals surface area contributed by atoms with Crippen molar-refractivity contribution in [3.63, 3.8) is 0 Å². The standard InChI is InChI=1S/C60H69N5O7S/c1-7-51(45-17-10-8-11-18-45)54(46-19-12-9-13-20-46)47-30-32-50(33-31-47)71-35-34-64(6)59(70)72-39-44-24-22-42(23-25-44)16-14-15-21-53(67)63-56(60(3,4)5)58(69)65-38-49(66)36-52(65)57(68)61-37-43-26-28-48(29-27-43)55-41(2)62-40-73-55/h8-13,17-20,22-33,40,49,52,56,66H,7,14-16,21,34-39H2,1-6H3,(H,61,68)(H,63,67)/b54-51-/t49-,52+,56-/m1/s1. The summed E-state index contributed by atoms with van der Waals surface area (Å²) in [4.78, 5) is 62.1. The number of allylic oxidation sites excluding steroid dienone is 1. The predicted molar refractivity (Wildman–Crippen MR) is 289 cm³/mol. The van der Waals surface area contributed by atoms with Gasteiger partial charge in [-0.05, 0) is 100 Å². The van der Waals surface area contributed by atoms with Crippen LogP contribution in [-0.4, -0.2) is 88.6 Å². The Balaban J connectivity index is 0.811. The number of carbonyl (C=O) groups excluding carboxylic acids is 4. The van der Waals surface area contributed by atoms with Crippen LogP contribution >= 0.6 is 11.3 Å². The monoisotopic (exact) mass is 1000 g/mol. The largest absolute Gasteiger partial charge is 0.492 e. The topological polar surface area (TPSA) is 150 Å². The summed E-state index contributed by atoms with van der Waals surface area (Å²) in [7, 11) is 1.69. The van der Waals surface area contributed by atoms with Crippen molar-refractivity contribution in [3.8, 4) is 16.2 Å². The summed E-state index contributed by atoms with van der Waals surface area (Å²) in [5.41, 5.74) is 12.0. The van der Waals surface area contributed by atoms with Gasteiger partial charge in [0.15, 0.2) is 0 Å². The first-order valence-corrected chi connectivity index (χ1v) is 26.1. The fraction of sp³-hybridized carbons (Fsp3) is 0.350. The van der Waals surface area contributed by atoms with Crippen LogP contribution in [0.1, 0.15) is 98.9 Å². The van der Waals surface area contributed by atoms with Crippen LogP contribution < -0.4 is 15.4 Å². The molecule has 2 heterocycles. The number of thiazole rings is 1. The minimum absolute atomic E-state index is 0.0122. The number of ether oxygens (including phenoxy) is 2. The van der Waals surface area contributed by atoms with Crippen molar-refractivity contribution < 1.29 is 33.8 Å². The lowest BCUT2D eigenvalue weighted by Crippen LogP contribution is -2.57. The van der Waals surface area contributed by atoms with E-state index >= 15 is 0 Å². The van der Waals surface area contributed by atoms with Crippen molar-refractivity contribution in [2.75, 3.05) is 26.7 Å². The maximum absolute atomic E-state index is 14.1. The molecule has 1 saturated heterocycles. The summed E-state index contributed by atoms with van der Waals surface area (Å²) in [5, 5.41) is 16.5. The van der Waals surface area contributed by atoms with Crippen molar-refractivity contribution >= 4 is 46.3 Å². The van der Waals surface area contributed by atoms with Gasteiger partial charge in [0.1, 0.15) is 31.0 Å². The van der Waals surface area contributed by atoms with Gasteiger partial charge in [-0.3, -0.25) is 14.4 Å². The Bertz CT molecular complexity index is 2790. The van der Waals surface area contributed by atoms with E-state index in [0.717, 1.165) is 69.0 Å². The first-order valence-electron chi connectivity index (χ1n) is 25.3. The molecule has 382 valence electrons. The molecule has 13 heteroatoms. The van der Waals surface area contributed by atoms with Crippen molar-refractivity contribution in [1.29, 1.82) is 0 Å². The number of hydrogen-bond donors (Lipinski definition) is 3. The molecule has 4 amide bonds. The van der Waals surface area contributed by atoms with Crippen LogP contribution in [0.2, 0.25) is 0 Å². The maximum Gasteiger partial charge on any atom is 0.409 e. The number of nitrogens with zero attached hydrogens (tertiary/aromatic N) is 3. The quantitative estimate of drug-likeness (QED) is 0.0476. The number of aryl methyl sites for hydroxylation is 2. The summed E-state index contributed by atoms with van der Waals surface area (Å²) < 4.78 is 11.6. The number of rotatable bonds is 21. The molecular formula is C60H69N5O7S. The van der Waals surface area contributed by atoms with Crippen molar-refractivity contribution in [2.24, 2.45) is 5.41 Å². The fourth-order valence-electron chi connectivity index (χ4n) is 9.08. The van der Waals surface area contributed by atoms with Gasteiger partial charge in [-0.1, -0.05) is 149 Å². The second-order valence-corrected chi connectivity index (χ2v) is 20.6. The Kier molecular flexibility index (Phi) is 18.8. The third-order valence-corrected chi connectivity index (χ3v) is 14.2.